The summed E-state index contributed by atoms with van der Waals surface area (Å²) in [7, 11) is 0. The van der Waals surface area contributed by atoms with Gasteiger partial charge in [0.2, 0.25) is 0 Å². The molecule has 0 fully saturated rings. The van der Waals surface area contributed by atoms with E-state index in [0.717, 1.165) is 16.9 Å². The third-order valence-electron chi connectivity index (χ3n) is 2.23. The van der Waals surface area contributed by atoms with E-state index in [1.807, 2.05) is 22.7 Å². The summed E-state index contributed by atoms with van der Waals surface area (Å²) in [4.78, 5) is 7.99. The first-order chi connectivity index (χ1) is 7.83. The Balaban J connectivity index is 2.18. The lowest BCUT2D eigenvalue weighted by Gasteiger charge is -2.00. The van der Waals surface area contributed by atoms with Crippen molar-refractivity contribution in [3.05, 3.63) is 42.2 Å². The zero-order chi connectivity index (χ0) is 11.0. The molecule has 16 heavy (non-hydrogen) atoms. The summed E-state index contributed by atoms with van der Waals surface area (Å²) in [5, 5.41) is 8.19. The van der Waals surface area contributed by atoms with E-state index in [1.54, 1.807) is 12.4 Å². The zero-order valence-electron chi connectivity index (χ0n) is 8.08. The monoisotopic (exact) mass is 231 g/mol. The summed E-state index contributed by atoms with van der Waals surface area (Å²) >= 11 is 5.81. The van der Waals surface area contributed by atoms with Crippen LogP contribution < -0.4 is 0 Å². The van der Waals surface area contributed by atoms with Crippen molar-refractivity contribution in [3.63, 3.8) is 0 Å². The number of hydrogen-bond acceptors (Lipinski definition) is 4. The normalized spacial score (nSPS) is 10.8. The fourth-order valence-corrected chi connectivity index (χ4v) is 1.62. The van der Waals surface area contributed by atoms with Crippen LogP contribution in [0, 0.1) is 0 Å². The van der Waals surface area contributed by atoms with Gasteiger partial charge < -0.3 is 0 Å². The predicted octanol–water partition coefficient (Wildman–Crippen LogP) is 1.84. The Morgan fingerprint density at radius 2 is 2.12 bits per heavy atom. The topological polar surface area (TPSA) is 56.0 Å². The first kappa shape index (κ1) is 9.23. The minimum Gasteiger partial charge on any atom is -0.289 e. The summed E-state index contributed by atoms with van der Waals surface area (Å²) in [6.07, 6.45) is 4.96. The molecule has 0 N–H and O–H groups in total. The van der Waals surface area contributed by atoms with Crippen LogP contribution in [0.2, 0.25) is 5.15 Å². The van der Waals surface area contributed by atoms with Gasteiger partial charge in [-0.25, -0.2) is 9.97 Å². The number of halogens is 1. The smallest absolute Gasteiger partial charge is 0.161 e. The third-order valence-corrected chi connectivity index (χ3v) is 2.44. The molecule has 0 saturated heterocycles. The van der Waals surface area contributed by atoms with E-state index in [-0.39, 0.29) is 0 Å². The molecule has 0 bridgehead atoms. The fraction of sp³-hybridized carbons (Fsp3) is 0. The minimum atomic E-state index is 0.423. The molecule has 3 rings (SSSR count). The van der Waals surface area contributed by atoms with E-state index in [1.165, 1.54) is 6.33 Å². The van der Waals surface area contributed by atoms with Crippen molar-refractivity contribution in [1.82, 2.24) is 24.6 Å². The molecule has 78 valence electrons. The quantitative estimate of drug-likeness (QED) is 0.600. The Morgan fingerprint density at radius 1 is 1.19 bits per heavy atom. The highest BCUT2D eigenvalue weighted by molar-refractivity contribution is 6.29. The van der Waals surface area contributed by atoms with Crippen molar-refractivity contribution in [1.29, 1.82) is 0 Å². The molecule has 6 heteroatoms. The summed E-state index contributed by atoms with van der Waals surface area (Å²) < 4.78 is 1.83. The Bertz CT molecular complexity index is 648. The van der Waals surface area contributed by atoms with Gasteiger partial charge in [-0.05, 0) is 12.1 Å². The molecule has 0 radical (unpaired) electrons. The van der Waals surface area contributed by atoms with Crippen LogP contribution in [0.25, 0.3) is 16.9 Å². The van der Waals surface area contributed by atoms with Crippen molar-refractivity contribution >= 4 is 17.2 Å². The number of aromatic nitrogens is 5. The molecule has 0 atom stereocenters. The van der Waals surface area contributed by atoms with Crippen LogP contribution >= 0.6 is 11.6 Å². The summed E-state index contributed by atoms with van der Waals surface area (Å²) in [6, 6.07) is 5.53. The number of fused-ring (bicyclic) bond motifs is 1. The van der Waals surface area contributed by atoms with Crippen LogP contribution in [-0.2, 0) is 0 Å². The van der Waals surface area contributed by atoms with Gasteiger partial charge in [-0.3, -0.25) is 4.40 Å². The van der Waals surface area contributed by atoms with Crippen molar-refractivity contribution < 1.29 is 0 Å². The van der Waals surface area contributed by atoms with E-state index in [2.05, 4.69) is 20.2 Å². The number of pyridine rings is 1. The summed E-state index contributed by atoms with van der Waals surface area (Å²) in [5.41, 5.74) is 2.47. The minimum absolute atomic E-state index is 0.423. The second-order valence-corrected chi connectivity index (χ2v) is 3.63. The SMILES string of the molecule is Clc1cc(-c2ccn3cnnc3c2)ncn1. The van der Waals surface area contributed by atoms with Crippen molar-refractivity contribution in [2.45, 2.75) is 0 Å². The molecule has 0 unspecified atom stereocenters. The van der Waals surface area contributed by atoms with E-state index in [4.69, 9.17) is 11.6 Å². The first-order valence-corrected chi connectivity index (χ1v) is 4.98. The predicted molar refractivity (Wildman–Crippen MR) is 59.0 cm³/mol. The molecule has 0 aliphatic heterocycles. The van der Waals surface area contributed by atoms with Gasteiger partial charge in [0.05, 0.1) is 5.69 Å². The molecular weight excluding hydrogens is 226 g/mol. The average Bonchev–Trinajstić information content (AvgIpc) is 2.75. The molecule has 0 amide bonds. The van der Waals surface area contributed by atoms with Crippen molar-refractivity contribution in [2.24, 2.45) is 0 Å². The second-order valence-electron chi connectivity index (χ2n) is 3.24. The molecule has 0 aliphatic carbocycles. The molecule has 3 heterocycles. The zero-order valence-corrected chi connectivity index (χ0v) is 8.83. The molecule has 0 spiro atoms. The molecule has 5 nitrogen and oxygen atoms in total. The lowest BCUT2D eigenvalue weighted by Crippen LogP contribution is -1.88. The summed E-state index contributed by atoms with van der Waals surface area (Å²) in [5.74, 6) is 0. The molecule has 0 aliphatic rings. The van der Waals surface area contributed by atoms with Gasteiger partial charge in [0, 0.05) is 17.8 Å². The van der Waals surface area contributed by atoms with Crippen molar-refractivity contribution in [2.75, 3.05) is 0 Å². The maximum Gasteiger partial charge on any atom is 0.161 e. The second kappa shape index (κ2) is 3.53. The van der Waals surface area contributed by atoms with Crippen LogP contribution in [0.15, 0.2) is 37.1 Å². The van der Waals surface area contributed by atoms with Gasteiger partial charge in [-0.2, -0.15) is 0 Å². The van der Waals surface area contributed by atoms with Gasteiger partial charge >= 0.3 is 0 Å². The van der Waals surface area contributed by atoms with Crippen LogP contribution in [0.3, 0.4) is 0 Å². The first-order valence-electron chi connectivity index (χ1n) is 4.60. The molecule has 3 aromatic heterocycles. The van der Waals surface area contributed by atoms with Crippen LogP contribution in [-0.4, -0.2) is 24.6 Å². The van der Waals surface area contributed by atoms with Gasteiger partial charge in [0.1, 0.15) is 17.8 Å². The van der Waals surface area contributed by atoms with Gasteiger partial charge in [-0.1, -0.05) is 11.6 Å². The van der Waals surface area contributed by atoms with E-state index in [9.17, 15) is 0 Å². The van der Waals surface area contributed by atoms with E-state index < -0.39 is 0 Å². The fourth-order valence-electron chi connectivity index (χ4n) is 1.47. The highest BCUT2D eigenvalue weighted by Gasteiger charge is 2.03. The number of rotatable bonds is 1. The van der Waals surface area contributed by atoms with E-state index >= 15 is 0 Å². The third kappa shape index (κ3) is 1.51. The molecule has 3 aromatic rings. The van der Waals surface area contributed by atoms with Gasteiger partial charge in [-0.15, -0.1) is 10.2 Å². The van der Waals surface area contributed by atoms with Crippen molar-refractivity contribution in [3.8, 4) is 11.3 Å². The Kier molecular flexibility index (Phi) is 2.04. The highest BCUT2D eigenvalue weighted by Crippen LogP contribution is 2.19. The van der Waals surface area contributed by atoms with Gasteiger partial charge in [0.15, 0.2) is 5.65 Å². The highest BCUT2D eigenvalue weighted by atomic mass is 35.5. The Morgan fingerprint density at radius 3 is 3.00 bits per heavy atom. The number of nitrogens with zero attached hydrogens (tertiary/aromatic N) is 5. The standard InChI is InChI=1S/C10H6ClN5/c11-9-4-8(12-5-13-9)7-1-2-16-6-14-15-10(16)3-7/h1-6H. The Labute approximate surface area is 95.8 Å². The van der Waals surface area contributed by atoms with Crippen LogP contribution in [0.5, 0.6) is 0 Å². The summed E-state index contributed by atoms with van der Waals surface area (Å²) in [6.45, 7) is 0. The lowest BCUT2D eigenvalue weighted by atomic mass is 10.2. The van der Waals surface area contributed by atoms with Gasteiger partial charge in [0.25, 0.3) is 0 Å². The lowest BCUT2D eigenvalue weighted by molar-refractivity contribution is 1.10. The molecule has 0 aromatic carbocycles. The maximum absolute atomic E-state index is 5.81. The molecular formula is C10H6ClN5. The van der Waals surface area contributed by atoms with E-state index in [0.29, 0.717) is 5.15 Å². The van der Waals surface area contributed by atoms with Crippen LogP contribution in [0.1, 0.15) is 0 Å². The average molecular weight is 232 g/mol. The number of hydrogen-bond donors (Lipinski definition) is 0. The maximum atomic E-state index is 5.81. The molecule has 0 saturated carbocycles. The largest absolute Gasteiger partial charge is 0.289 e. The van der Waals surface area contributed by atoms with Crippen LogP contribution in [0.4, 0.5) is 0 Å². The Hall–Kier alpha value is -2.01.